The summed E-state index contributed by atoms with van der Waals surface area (Å²) in [7, 11) is 0. The van der Waals surface area contributed by atoms with Crippen molar-refractivity contribution >= 4 is 40.4 Å². The standard InChI is InChI=1S/C26H20ClN3O2/c1-15-7-12-20(16(2)13-15)23-24(29-22-6-4-5-21(27)17(22)3)26(32)30(25(23)31)19-10-8-18(14-28)9-11-19/h4-13,29H,1-3H3. The second-order valence-corrected chi connectivity index (χ2v) is 8.12. The van der Waals surface area contributed by atoms with Gasteiger partial charge >= 0.3 is 0 Å². The summed E-state index contributed by atoms with van der Waals surface area (Å²) >= 11 is 6.27. The Morgan fingerprint density at radius 2 is 1.66 bits per heavy atom. The van der Waals surface area contributed by atoms with Gasteiger partial charge in [-0.3, -0.25) is 9.59 Å². The molecule has 5 nitrogen and oxygen atoms in total. The Hall–Kier alpha value is -3.88. The van der Waals surface area contributed by atoms with Crippen molar-refractivity contribution in [2.24, 2.45) is 0 Å². The van der Waals surface area contributed by atoms with E-state index in [1.807, 2.05) is 51.1 Å². The number of carbonyl (C=O) groups excluding carboxylic acids is 2. The molecule has 158 valence electrons. The molecule has 1 heterocycles. The van der Waals surface area contributed by atoms with Gasteiger partial charge in [-0.15, -0.1) is 0 Å². The number of carbonyl (C=O) groups is 2. The van der Waals surface area contributed by atoms with Crippen LogP contribution in [0.4, 0.5) is 11.4 Å². The molecule has 4 rings (SSSR count). The molecule has 1 N–H and O–H groups in total. The van der Waals surface area contributed by atoms with E-state index in [9.17, 15) is 9.59 Å². The molecule has 3 aromatic rings. The Morgan fingerprint density at radius 3 is 2.31 bits per heavy atom. The minimum atomic E-state index is -0.464. The summed E-state index contributed by atoms with van der Waals surface area (Å²) in [6.07, 6.45) is 0. The molecule has 0 atom stereocenters. The van der Waals surface area contributed by atoms with Gasteiger partial charge in [-0.1, -0.05) is 41.4 Å². The summed E-state index contributed by atoms with van der Waals surface area (Å²) in [5.41, 5.74) is 5.42. The molecule has 6 heteroatoms. The number of benzene rings is 3. The van der Waals surface area contributed by atoms with Crippen molar-refractivity contribution in [2.75, 3.05) is 10.2 Å². The summed E-state index contributed by atoms with van der Waals surface area (Å²) in [4.78, 5) is 28.2. The van der Waals surface area contributed by atoms with Crippen LogP contribution in [0.25, 0.3) is 5.57 Å². The van der Waals surface area contributed by atoms with Crippen LogP contribution in [0.15, 0.2) is 66.4 Å². The molecule has 0 aromatic heterocycles. The molecule has 0 spiro atoms. The fraction of sp³-hybridized carbons (Fsp3) is 0.115. The van der Waals surface area contributed by atoms with E-state index in [4.69, 9.17) is 16.9 Å². The van der Waals surface area contributed by atoms with E-state index in [1.54, 1.807) is 36.4 Å². The van der Waals surface area contributed by atoms with Gasteiger partial charge in [-0.2, -0.15) is 5.26 Å². The van der Waals surface area contributed by atoms with E-state index in [0.717, 1.165) is 21.6 Å². The zero-order valence-electron chi connectivity index (χ0n) is 17.9. The number of hydrogen-bond acceptors (Lipinski definition) is 4. The predicted molar refractivity (Wildman–Crippen MR) is 126 cm³/mol. The van der Waals surface area contributed by atoms with Gasteiger partial charge in [0.1, 0.15) is 5.70 Å². The maximum Gasteiger partial charge on any atom is 0.282 e. The van der Waals surface area contributed by atoms with Gasteiger partial charge in [0.05, 0.1) is 22.9 Å². The molecule has 0 radical (unpaired) electrons. The fourth-order valence-corrected chi connectivity index (χ4v) is 3.96. The lowest BCUT2D eigenvalue weighted by atomic mass is 9.97. The first-order chi connectivity index (χ1) is 15.3. The number of hydrogen-bond donors (Lipinski definition) is 1. The van der Waals surface area contributed by atoms with E-state index in [-0.39, 0.29) is 5.70 Å². The van der Waals surface area contributed by atoms with Crippen molar-refractivity contribution in [3.63, 3.8) is 0 Å². The van der Waals surface area contributed by atoms with Crippen LogP contribution in [0.2, 0.25) is 5.02 Å². The highest BCUT2D eigenvalue weighted by Gasteiger charge is 2.40. The summed E-state index contributed by atoms with van der Waals surface area (Å²) < 4.78 is 0. The first kappa shape index (κ1) is 21.4. The number of nitrogens with zero attached hydrogens (tertiary/aromatic N) is 2. The first-order valence-corrected chi connectivity index (χ1v) is 10.4. The van der Waals surface area contributed by atoms with Gasteiger partial charge in [0.25, 0.3) is 11.8 Å². The van der Waals surface area contributed by atoms with Crippen LogP contribution in [-0.2, 0) is 9.59 Å². The zero-order valence-corrected chi connectivity index (χ0v) is 18.6. The first-order valence-electron chi connectivity index (χ1n) is 10.0. The van der Waals surface area contributed by atoms with Crippen LogP contribution < -0.4 is 10.2 Å². The molecule has 1 aliphatic rings. The molecular weight excluding hydrogens is 422 g/mol. The van der Waals surface area contributed by atoms with Crippen LogP contribution in [-0.4, -0.2) is 11.8 Å². The van der Waals surface area contributed by atoms with E-state index in [1.165, 1.54) is 0 Å². The Bertz CT molecular complexity index is 1330. The van der Waals surface area contributed by atoms with E-state index < -0.39 is 11.8 Å². The predicted octanol–water partition coefficient (Wildman–Crippen LogP) is 5.53. The molecule has 0 fully saturated rings. The molecule has 0 saturated carbocycles. The highest BCUT2D eigenvalue weighted by Crippen LogP contribution is 2.36. The van der Waals surface area contributed by atoms with Gasteiger partial charge in [0.15, 0.2) is 0 Å². The van der Waals surface area contributed by atoms with Gasteiger partial charge in [0, 0.05) is 10.7 Å². The lowest BCUT2D eigenvalue weighted by Gasteiger charge is -2.16. The molecule has 0 bridgehead atoms. The smallest absolute Gasteiger partial charge is 0.282 e. The minimum absolute atomic E-state index is 0.191. The number of amides is 2. The molecule has 1 aliphatic heterocycles. The topological polar surface area (TPSA) is 73.2 Å². The lowest BCUT2D eigenvalue weighted by Crippen LogP contribution is -2.32. The fourth-order valence-electron chi connectivity index (χ4n) is 3.79. The monoisotopic (exact) mass is 441 g/mol. The zero-order chi connectivity index (χ0) is 23.0. The average molecular weight is 442 g/mol. The third-order valence-electron chi connectivity index (χ3n) is 5.52. The molecule has 3 aromatic carbocycles. The van der Waals surface area contributed by atoms with Crippen LogP contribution in [0, 0.1) is 32.1 Å². The lowest BCUT2D eigenvalue weighted by molar-refractivity contribution is -0.120. The van der Waals surface area contributed by atoms with Crippen LogP contribution in [0.3, 0.4) is 0 Å². The van der Waals surface area contributed by atoms with Gasteiger partial charge < -0.3 is 5.32 Å². The Balaban J connectivity index is 1.87. The summed E-state index contributed by atoms with van der Waals surface area (Å²) in [5, 5.41) is 12.8. The largest absolute Gasteiger partial charge is 0.350 e. The van der Waals surface area contributed by atoms with Crippen molar-refractivity contribution in [1.82, 2.24) is 0 Å². The van der Waals surface area contributed by atoms with E-state index in [2.05, 4.69) is 5.32 Å². The normalized spacial score (nSPS) is 13.5. The summed E-state index contributed by atoms with van der Waals surface area (Å²) in [6.45, 7) is 5.74. The number of nitriles is 1. The van der Waals surface area contributed by atoms with Gasteiger partial charge in [0.2, 0.25) is 0 Å². The van der Waals surface area contributed by atoms with Crippen molar-refractivity contribution < 1.29 is 9.59 Å². The number of rotatable bonds is 4. The number of anilines is 2. The quantitative estimate of drug-likeness (QED) is 0.540. The second kappa shape index (κ2) is 8.33. The van der Waals surface area contributed by atoms with Crippen LogP contribution in [0.5, 0.6) is 0 Å². The van der Waals surface area contributed by atoms with Crippen molar-refractivity contribution in [3.05, 3.63) is 99.2 Å². The number of halogens is 1. The van der Waals surface area contributed by atoms with E-state index >= 15 is 0 Å². The van der Waals surface area contributed by atoms with Crippen molar-refractivity contribution in [3.8, 4) is 6.07 Å². The summed E-state index contributed by atoms with van der Waals surface area (Å²) in [6, 6.07) is 19.5. The third kappa shape index (κ3) is 3.66. The highest BCUT2D eigenvalue weighted by atomic mass is 35.5. The molecule has 0 unspecified atom stereocenters. The van der Waals surface area contributed by atoms with Crippen LogP contribution >= 0.6 is 11.6 Å². The number of nitrogens with one attached hydrogen (secondary N) is 1. The highest BCUT2D eigenvalue weighted by molar-refractivity contribution is 6.46. The molecule has 0 aliphatic carbocycles. The van der Waals surface area contributed by atoms with Gasteiger partial charge in [-0.05, 0) is 73.9 Å². The SMILES string of the molecule is Cc1ccc(C2=C(Nc3cccc(Cl)c3C)C(=O)N(c3ccc(C#N)cc3)C2=O)c(C)c1. The molecule has 0 saturated heterocycles. The maximum atomic E-state index is 13.6. The maximum absolute atomic E-state index is 13.6. The average Bonchev–Trinajstić information content (AvgIpc) is 3.01. The van der Waals surface area contributed by atoms with Crippen LogP contribution in [0.1, 0.15) is 27.8 Å². The molecule has 2 amide bonds. The second-order valence-electron chi connectivity index (χ2n) is 7.71. The number of imide groups is 1. The Morgan fingerprint density at radius 1 is 0.938 bits per heavy atom. The van der Waals surface area contributed by atoms with Crippen molar-refractivity contribution in [1.29, 1.82) is 5.26 Å². The molecule has 32 heavy (non-hydrogen) atoms. The van der Waals surface area contributed by atoms with E-state index in [0.29, 0.717) is 33.1 Å². The Kier molecular flexibility index (Phi) is 5.56. The number of aryl methyl sites for hydroxylation is 2. The Labute approximate surface area is 191 Å². The van der Waals surface area contributed by atoms with Gasteiger partial charge in [-0.25, -0.2) is 4.90 Å². The van der Waals surface area contributed by atoms with Crippen molar-refractivity contribution in [2.45, 2.75) is 20.8 Å². The minimum Gasteiger partial charge on any atom is -0.350 e. The third-order valence-corrected chi connectivity index (χ3v) is 5.93. The summed E-state index contributed by atoms with van der Waals surface area (Å²) in [5.74, 6) is -0.886. The molecular formula is C26H20ClN3O2.